The van der Waals surface area contributed by atoms with Crippen LogP contribution in [0.5, 0.6) is 0 Å². The first-order valence-corrected chi connectivity index (χ1v) is 12.5. The lowest BCUT2D eigenvalue weighted by Crippen LogP contribution is -2.32. The summed E-state index contributed by atoms with van der Waals surface area (Å²) in [5.41, 5.74) is 4.20. The fourth-order valence-electron chi connectivity index (χ4n) is 5.69. The number of hydrogen-bond acceptors (Lipinski definition) is 3. The molecule has 0 radical (unpaired) electrons. The second-order valence-corrected chi connectivity index (χ2v) is 10.4. The third-order valence-corrected chi connectivity index (χ3v) is 7.98. The Kier molecular flexibility index (Phi) is 5.15. The van der Waals surface area contributed by atoms with Gasteiger partial charge in [-0.25, -0.2) is 4.98 Å². The first kappa shape index (κ1) is 21.1. The molecule has 0 spiro atoms. The second-order valence-electron chi connectivity index (χ2n) is 9.14. The number of para-hydroxylation sites is 1. The molecule has 3 aliphatic rings. The zero-order valence-corrected chi connectivity index (χ0v) is 20.1. The number of halogens is 3. The number of benzene rings is 2. The van der Waals surface area contributed by atoms with Crippen molar-refractivity contribution in [3.05, 3.63) is 63.0 Å². The molecule has 8 heteroatoms. The highest BCUT2D eigenvalue weighted by Gasteiger charge is 2.39. The van der Waals surface area contributed by atoms with Gasteiger partial charge in [-0.1, -0.05) is 6.07 Å². The van der Waals surface area contributed by atoms with E-state index in [0.717, 1.165) is 26.1 Å². The third kappa shape index (κ3) is 3.53. The predicted octanol–water partition coefficient (Wildman–Crippen LogP) is 6.47. The van der Waals surface area contributed by atoms with Gasteiger partial charge in [0.2, 0.25) is 0 Å². The molecule has 1 saturated heterocycles. The summed E-state index contributed by atoms with van der Waals surface area (Å²) in [5.74, 6) is 1.47. The van der Waals surface area contributed by atoms with Crippen LogP contribution in [0.25, 0.3) is 11.0 Å². The van der Waals surface area contributed by atoms with E-state index < -0.39 is 6.08 Å². The zero-order valence-electron chi connectivity index (χ0n) is 18.0. The van der Waals surface area contributed by atoms with E-state index >= 15 is 0 Å². The van der Waals surface area contributed by atoms with E-state index in [0.29, 0.717) is 49.1 Å². The molecule has 3 heterocycles. The van der Waals surface area contributed by atoms with Crippen molar-refractivity contribution in [2.45, 2.75) is 44.1 Å². The van der Waals surface area contributed by atoms with E-state index in [-0.39, 0.29) is 11.5 Å². The maximum absolute atomic E-state index is 13.4. The molecule has 5 nitrogen and oxygen atoms in total. The van der Waals surface area contributed by atoms with Crippen LogP contribution in [0, 0.1) is 3.57 Å². The van der Waals surface area contributed by atoms with E-state index in [2.05, 4.69) is 38.5 Å². The van der Waals surface area contributed by atoms with E-state index in [1.165, 1.54) is 19.3 Å². The van der Waals surface area contributed by atoms with Crippen LogP contribution in [0.3, 0.4) is 0 Å². The number of fused-ring (bicyclic) bond motifs is 7. The molecule has 2 fully saturated rings. The second kappa shape index (κ2) is 8.07. The number of carbonyl (C=O) groups excluding carboxylic acids is 1. The summed E-state index contributed by atoms with van der Waals surface area (Å²) in [7, 11) is 0. The van der Waals surface area contributed by atoms with Crippen molar-refractivity contribution >= 4 is 50.9 Å². The minimum atomic E-state index is -1.57. The maximum atomic E-state index is 13.4. The number of hydrogen-bond donors (Lipinski definition) is 1. The van der Waals surface area contributed by atoms with Gasteiger partial charge in [0, 0.05) is 28.6 Å². The number of aromatic nitrogens is 2. The van der Waals surface area contributed by atoms with Crippen LogP contribution in [0.4, 0.5) is 20.2 Å². The highest BCUT2D eigenvalue weighted by Crippen LogP contribution is 2.50. The van der Waals surface area contributed by atoms with Crippen LogP contribution in [0.1, 0.15) is 60.2 Å². The van der Waals surface area contributed by atoms with Crippen molar-refractivity contribution in [1.82, 2.24) is 9.55 Å². The van der Waals surface area contributed by atoms with Crippen molar-refractivity contribution in [3.63, 3.8) is 0 Å². The number of anilines is 2. The number of nitrogens with one attached hydrogen (secondary N) is 1. The molecule has 33 heavy (non-hydrogen) atoms. The average molecular weight is 560 g/mol. The molecule has 1 aromatic heterocycles. The maximum Gasteiger partial charge on any atom is 0.269 e. The van der Waals surface area contributed by atoms with Crippen LogP contribution in [-0.2, 0) is 0 Å². The first-order chi connectivity index (χ1) is 16.0. The molecule has 1 N–H and O–H groups in total. The van der Waals surface area contributed by atoms with Gasteiger partial charge in [0.15, 0.2) is 0 Å². The van der Waals surface area contributed by atoms with Crippen molar-refractivity contribution in [1.29, 1.82) is 0 Å². The molecular formula is C25H23F2IN4O. The fraction of sp³-hybridized carbons (Fsp3) is 0.360. The zero-order chi connectivity index (χ0) is 22.7. The topological polar surface area (TPSA) is 50.2 Å². The standard InChI is InChI=1S/C25H23F2IN4O/c26-23(27)14-8-10-31(11-9-14)21-13-16(28)5-7-18(21)25(33)29-19-2-1-3-20-22(19)30-24-15-4-6-17(12-15)32(20)24/h1-3,5,7,13,15,17H,4,6,8-12H2,(H,29,33)/t15-,17+/m1/s1. The number of nitrogens with zero attached hydrogens (tertiary/aromatic N) is 3. The summed E-state index contributed by atoms with van der Waals surface area (Å²) in [4.78, 5) is 20.4. The molecule has 2 atom stereocenters. The Morgan fingerprint density at radius 3 is 2.73 bits per heavy atom. The Bertz CT molecular complexity index is 1300. The monoisotopic (exact) mass is 560 g/mol. The lowest BCUT2D eigenvalue weighted by molar-refractivity contribution is 0.102. The van der Waals surface area contributed by atoms with E-state index in [1.807, 2.05) is 35.2 Å². The van der Waals surface area contributed by atoms with Crippen LogP contribution in [0.2, 0.25) is 0 Å². The molecule has 1 amide bonds. The Hall–Kier alpha value is -2.49. The summed E-state index contributed by atoms with van der Waals surface area (Å²) in [6.45, 7) is 0.943. The molecule has 2 aliphatic heterocycles. The molecule has 0 unspecified atom stereocenters. The van der Waals surface area contributed by atoms with Gasteiger partial charge in [-0.3, -0.25) is 4.79 Å². The number of rotatable bonds is 3. The SMILES string of the molecule is O=C(Nc1cccc2c1nc1n2[C@H]2CC[C@@H]1C2)c1ccc(I)cc1N1CCC(=C(F)F)CC1. The van der Waals surface area contributed by atoms with Crippen LogP contribution in [0.15, 0.2) is 48.1 Å². The molecular weight excluding hydrogens is 537 g/mol. The normalized spacial score (nSPS) is 21.5. The highest BCUT2D eigenvalue weighted by atomic mass is 127. The number of imidazole rings is 1. The molecule has 1 aliphatic carbocycles. The van der Waals surface area contributed by atoms with E-state index in [4.69, 9.17) is 4.98 Å². The van der Waals surface area contributed by atoms with Crippen molar-refractivity contribution in [2.75, 3.05) is 23.3 Å². The van der Waals surface area contributed by atoms with Crippen molar-refractivity contribution < 1.29 is 13.6 Å². The molecule has 2 bridgehead atoms. The number of carbonyl (C=O) groups is 1. The van der Waals surface area contributed by atoms with Crippen LogP contribution >= 0.6 is 22.6 Å². The molecule has 3 aromatic rings. The minimum Gasteiger partial charge on any atom is -0.370 e. The van der Waals surface area contributed by atoms with Crippen molar-refractivity contribution in [3.8, 4) is 0 Å². The van der Waals surface area contributed by atoms with Gasteiger partial charge in [0.05, 0.1) is 22.5 Å². The van der Waals surface area contributed by atoms with E-state index in [1.54, 1.807) is 0 Å². The van der Waals surface area contributed by atoms with Crippen LogP contribution in [-0.4, -0.2) is 28.5 Å². The van der Waals surface area contributed by atoms with Gasteiger partial charge in [-0.2, -0.15) is 8.78 Å². The van der Waals surface area contributed by atoms with Gasteiger partial charge in [0.25, 0.3) is 12.0 Å². The Balaban J connectivity index is 1.31. The summed E-state index contributed by atoms with van der Waals surface area (Å²) in [6, 6.07) is 12.2. The van der Waals surface area contributed by atoms with Gasteiger partial charge in [-0.05, 0) is 90.6 Å². The largest absolute Gasteiger partial charge is 0.370 e. The lowest BCUT2D eigenvalue weighted by Gasteiger charge is -2.31. The molecule has 6 rings (SSSR count). The Morgan fingerprint density at radius 2 is 1.94 bits per heavy atom. The summed E-state index contributed by atoms with van der Waals surface area (Å²) >= 11 is 2.22. The molecule has 2 aromatic carbocycles. The first-order valence-electron chi connectivity index (χ1n) is 11.4. The van der Waals surface area contributed by atoms with E-state index in [9.17, 15) is 13.6 Å². The molecule has 1 saturated carbocycles. The Morgan fingerprint density at radius 1 is 1.12 bits per heavy atom. The minimum absolute atomic E-state index is 0.206. The van der Waals surface area contributed by atoms with Gasteiger partial charge in [-0.15, -0.1) is 0 Å². The van der Waals surface area contributed by atoms with Gasteiger partial charge >= 0.3 is 0 Å². The smallest absolute Gasteiger partial charge is 0.269 e. The summed E-state index contributed by atoms with van der Waals surface area (Å²) in [6.07, 6.45) is 2.64. The van der Waals surface area contributed by atoms with Gasteiger partial charge in [0.1, 0.15) is 11.3 Å². The van der Waals surface area contributed by atoms with Gasteiger partial charge < -0.3 is 14.8 Å². The Labute approximate surface area is 204 Å². The molecule has 170 valence electrons. The number of piperidine rings is 1. The predicted molar refractivity (Wildman–Crippen MR) is 133 cm³/mol. The average Bonchev–Trinajstić information content (AvgIpc) is 3.52. The highest BCUT2D eigenvalue weighted by molar-refractivity contribution is 14.1. The quantitative estimate of drug-likeness (QED) is 0.374. The third-order valence-electron chi connectivity index (χ3n) is 7.31. The lowest BCUT2D eigenvalue weighted by atomic mass is 10.0. The fourth-order valence-corrected chi connectivity index (χ4v) is 6.16. The van der Waals surface area contributed by atoms with Crippen molar-refractivity contribution in [2.24, 2.45) is 0 Å². The summed E-state index contributed by atoms with van der Waals surface area (Å²) in [5, 5.41) is 3.09. The van der Waals surface area contributed by atoms with Crippen LogP contribution < -0.4 is 10.2 Å². The number of amides is 1. The summed E-state index contributed by atoms with van der Waals surface area (Å²) < 4.78 is 29.3.